The zero-order chi connectivity index (χ0) is 16.7. The van der Waals surface area contributed by atoms with Crippen LogP contribution in [0.4, 0.5) is 0 Å². The van der Waals surface area contributed by atoms with Gasteiger partial charge in [-0.15, -0.1) is 11.8 Å². The van der Waals surface area contributed by atoms with E-state index in [0.717, 1.165) is 29.4 Å². The van der Waals surface area contributed by atoms with Crippen molar-refractivity contribution in [2.75, 3.05) is 19.3 Å². The van der Waals surface area contributed by atoms with E-state index in [1.54, 1.807) is 11.8 Å². The van der Waals surface area contributed by atoms with Gasteiger partial charge < -0.3 is 10.2 Å². The second kappa shape index (κ2) is 8.86. The Labute approximate surface area is 137 Å². The van der Waals surface area contributed by atoms with Gasteiger partial charge in [0.25, 0.3) is 0 Å². The van der Waals surface area contributed by atoms with Gasteiger partial charge in [0.05, 0.1) is 11.7 Å². The van der Waals surface area contributed by atoms with Gasteiger partial charge in [-0.25, -0.2) is 9.59 Å². The predicted octanol–water partition coefficient (Wildman–Crippen LogP) is 1.91. The van der Waals surface area contributed by atoms with Crippen LogP contribution >= 0.6 is 23.5 Å². The van der Waals surface area contributed by atoms with E-state index in [-0.39, 0.29) is 0 Å². The molecule has 0 saturated carbocycles. The summed E-state index contributed by atoms with van der Waals surface area (Å²) in [7, 11) is 2.17. The molecule has 7 nitrogen and oxygen atoms in total. The average Bonchev–Trinajstić information content (AvgIpc) is 2.91. The maximum absolute atomic E-state index is 9.10. The minimum Gasteiger partial charge on any atom is -0.473 e. The SMILES string of the molecule is CCSc1nsnc1C1=CCC(C)N(C)C1.O=C(O)C(=O)O. The van der Waals surface area contributed by atoms with E-state index in [9.17, 15) is 0 Å². The number of nitrogens with zero attached hydrogens (tertiary/aromatic N) is 3. The molecule has 2 rings (SSSR count). The van der Waals surface area contributed by atoms with Crippen molar-refractivity contribution in [2.24, 2.45) is 0 Å². The first kappa shape index (κ1) is 18.6. The molecule has 1 aromatic rings. The van der Waals surface area contributed by atoms with Gasteiger partial charge in [-0.1, -0.05) is 13.0 Å². The van der Waals surface area contributed by atoms with Gasteiger partial charge in [0.2, 0.25) is 0 Å². The molecule has 1 aliphatic heterocycles. The van der Waals surface area contributed by atoms with Gasteiger partial charge in [-0.3, -0.25) is 4.90 Å². The highest BCUT2D eigenvalue weighted by Gasteiger charge is 2.20. The summed E-state index contributed by atoms with van der Waals surface area (Å²) in [4.78, 5) is 20.6. The number of carboxylic acid groups (broad SMARTS) is 2. The molecular weight excluding hydrogens is 326 g/mol. The molecule has 0 fully saturated rings. The van der Waals surface area contributed by atoms with Gasteiger partial charge in [0.15, 0.2) is 0 Å². The molecule has 0 aromatic carbocycles. The molecule has 1 aromatic heterocycles. The molecule has 122 valence electrons. The van der Waals surface area contributed by atoms with Crippen molar-refractivity contribution in [3.8, 4) is 0 Å². The van der Waals surface area contributed by atoms with Crippen molar-refractivity contribution in [3.05, 3.63) is 11.8 Å². The Bertz CT molecular complexity index is 547. The molecule has 0 saturated heterocycles. The van der Waals surface area contributed by atoms with Gasteiger partial charge >= 0.3 is 11.9 Å². The lowest BCUT2D eigenvalue weighted by molar-refractivity contribution is -0.159. The number of rotatable bonds is 3. The highest BCUT2D eigenvalue weighted by Crippen LogP contribution is 2.29. The lowest BCUT2D eigenvalue weighted by atomic mass is 10.0. The van der Waals surface area contributed by atoms with Crippen molar-refractivity contribution >= 4 is 41.0 Å². The second-order valence-electron chi connectivity index (χ2n) is 4.69. The summed E-state index contributed by atoms with van der Waals surface area (Å²) in [5.74, 6) is -2.59. The van der Waals surface area contributed by atoms with Crippen LogP contribution in [0.2, 0.25) is 0 Å². The lowest BCUT2D eigenvalue weighted by Crippen LogP contribution is -2.33. The lowest BCUT2D eigenvalue weighted by Gasteiger charge is -2.29. The van der Waals surface area contributed by atoms with E-state index in [0.29, 0.717) is 6.04 Å². The summed E-state index contributed by atoms with van der Waals surface area (Å²) in [5.41, 5.74) is 2.45. The number of aliphatic carboxylic acids is 2. The number of hydrogen-bond donors (Lipinski definition) is 2. The van der Waals surface area contributed by atoms with Crippen molar-refractivity contribution in [3.63, 3.8) is 0 Å². The maximum atomic E-state index is 9.10. The first-order valence-electron chi connectivity index (χ1n) is 6.68. The molecule has 0 aliphatic carbocycles. The van der Waals surface area contributed by atoms with Crippen LogP contribution in [-0.4, -0.2) is 61.2 Å². The van der Waals surface area contributed by atoms with E-state index < -0.39 is 11.9 Å². The van der Waals surface area contributed by atoms with Crippen LogP contribution in [0.1, 0.15) is 26.0 Å². The largest absolute Gasteiger partial charge is 0.473 e. The number of carbonyl (C=O) groups is 2. The summed E-state index contributed by atoms with van der Waals surface area (Å²) < 4.78 is 8.79. The third-order valence-corrected chi connectivity index (χ3v) is 4.59. The normalized spacial score (nSPS) is 18.1. The summed E-state index contributed by atoms with van der Waals surface area (Å²) in [6.07, 6.45) is 3.43. The highest BCUT2D eigenvalue weighted by atomic mass is 32.2. The van der Waals surface area contributed by atoms with Crippen molar-refractivity contribution in [1.82, 2.24) is 13.6 Å². The van der Waals surface area contributed by atoms with Crippen molar-refractivity contribution < 1.29 is 19.8 Å². The third kappa shape index (κ3) is 5.39. The van der Waals surface area contributed by atoms with E-state index in [4.69, 9.17) is 19.8 Å². The van der Waals surface area contributed by atoms with Crippen LogP contribution in [0.25, 0.3) is 5.57 Å². The van der Waals surface area contributed by atoms with Crippen LogP contribution in [0.3, 0.4) is 0 Å². The summed E-state index contributed by atoms with van der Waals surface area (Å²) in [6.45, 7) is 5.40. The van der Waals surface area contributed by atoms with Gasteiger partial charge in [0.1, 0.15) is 10.7 Å². The van der Waals surface area contributed by atoms with E-state index in [1.807, 2.05) is 0 Å². The van der Waals surface area contributed by atoms with Crippen LogP contribution in [0.15, 0.2) is 11.1 Å². The van der Waals surface area contributed by atoms with E-state index >= 15 is 0 Å². The minimum absolute atomic E-state index is 0.637. The standard InChI is InChI=1S/C11H17N3S2.C2H2O4/c1-4-15-11-10(12-16-13-11)9-6-5-8(2)14(3)7-9;3-1(4)2(5)6/h6,8H,4-5,7H2,1-3H3;(H,3,4)(H,5,6). The van der Waals surface area contributed by atoms with Crippen LogP contribution < -0.4 is 0 Å². The maximum Gasteiger partial charge on any atom is 0.414 e. The molecule has 0 spiro atoms. The second-order valence-corrected chi connectivity index (χ2v) is 6.47. The smallest absolute Gasteiger partial charge is 0.414 e. The monoisotopic (exact) mass is 345 g/mol. The average molecular weight is 345 g/mol. The Hall–Kier alpha value is -1.45. The van der Waals surface area contributed by atoms with Crippen molar-refractivity contribution in [1.29, 1.82) is 0 Å². The number of likely N-dealkylation sites (N-methyl/N-ethyl adjacent to an activating group) is 1. The molecule has 1 atom stereocenters. The fraction of sp³-hybridized carbons (Fsp3) is 0.538. The topological polar surface area (TPSA) is 104 Å². The Balaban J connectivity index is 0.000000346. The fourth-order valence-electron chi connectivity index (χ4n) is 1.76. The molecule has 0 radical (unpaired) electrons. The van der Waals surface area contributed by atoms with E-state index in [2.05, 4.69) is 40.6 Å². The zero-order valence-electron chi connectivity index (χ0n) is 12.6. The Kier molecular flexibility index (Phi) is 7.49. The summed E-state index contributed by atoms with van der Waals surface area (Å²) >= 11 is 3.10. The van der Waals surface area contributed by atoms with Gasteiger partial charge in [0, 0.05) is 12.6 Å². The first-order valence-corrected chi connectivity index (χ1v) is 8.39. The van der Waals surface area contributed by atoms with Gasteiger partial charge in [-0.2, -0.15) is 8.75 Å². The van der Waals surface area contributed by atoms with Crippen LogP contribution in [0.5, 0.6) is 0 Å². The summed E-state index contributed by atoms with van der Waals surface area (Å²) in [5, 5.41) is 15.9. The molecule has 1 aliphatic rings. The Morgan fingerprint density at radius 3 is 2.55 bits per heavy atom. The molecule has 22 heavy (non-hydrogen) atoms. The molecule has 1 unspecified atom stereocenters. The molecule has 2 N–H and O–H groups in total. The van der Waals surface area contributed by atoms with Crippen LogP contribution in [0, 0.1) is 0 Å². The zero-order valence-corrected chi connectivity index (χ0v) is 14.3. The molecule has 0 amide bonds. The first-order chi connectivity index (χ1) is 10.4. The molecule has 9 heteroatoms. The third-order valence-electron chi connectivity index (χ3n) is 3.10. The predicted molar refractivity (Wildman–Crippen MR) is 86.3 cm³/mol. The van der Waals surface area contributed by atoms with Crippen LogP contribution in [-0.2, 0) is 9.59 Å². The molecular formula is C13H19N3O4S2. The number of carboxylic acids is 2. The number of thioether (sulfide) groups is 1. The summed E-state index contributed by atoms with van der Waals surface area (Å²) in [6, 6.07) is 0.637. The quantitative estimate of drug-likeness (QED) is 0.632. The number of hydrogen-bond acceptors (Lipinski definition) is 7. The molecule has 2 heterocycles. The van der Waals surface area contributed by atoms with Crippen molar-refractivity contribution in [2.45, 2.75) is 31.3 Å². The van der Waals surface area contributed by atoms with Gasteiger partial charge in [-0.05, 0) is 31.7 Å². The number of aromatic nitrogens is 2. The Morgan fingerprint density at radius 2 is 2.05 bits per heavy atom. The molecule has 0 bridgehead atoms. The fourth-order valence-corrected chi connectivity index (χ4v) is 3.20. The highest BCUT2D eigenvalue weighted by molar-refractivity contribution is 7.99. The van der Waals surface area contributed by atoms with E-state index in [1.165, 1.54) is 17.3 Å². The minimum atomic E-state index is -1.82. The Morgan fingerprint density at radius 1 is 1.41 bits per heavy atom.